The van der Waals surface area contributed by atoms with E-state index in [4.69, 9.17) is 11.6 Å². The van der Waals surface area contributed by atoms with Gasteiger partial charge in [-0.15, -0.1) is 11.6 Å². The normalized spacial score (nSPS) is 11.0. The molecule has 0 amide bonds. The van der Waals surface area contributed by atoms with Crippen LogP contribution >= 0.6 is 11.6 Å². The first-order valence-corrected chi connectivity index (χ1v) is 4.74. The van der Waals surface area contributed by atoms with Crippen molar-refractivity contribution < 1.29 is 0 Å². The number of halogens is 1. The molecule has 0 saturated carbocycles. The summed E-state index contributed by atoms with van der Waals surface area (Å²) in [7, 11) is 1.99. The Hall–Kier alpha value is -1.02. The highest BCUT2D eigenvalue weighted by atomic mass is 35.5. The van der Waals surface area contributed by atoms with Crippen LogP contribution in [0, 0.1) is 6.92 Å². The number of aryl methyl sites for hydroxylation is 2. The van der Waals surface area contributed by atoms with Crippen molar-refractivity contribution in [2.24, 2.45) is 7.05 Å². The van der Waals surface area contributed by atoms with Crippen molar-refractivity contribution in [1.82, 2.24) is 9.55 Å². The molecule has 0 atom stereocenters. The van der Waals surface area contributed by atoms with Gasteiger partial charge in [0.05, 0.1) is 16.9 Å². The van der Waals surface area contributed by atoms with E-state index in [1.54, 1.807) is 0 Å². The van der Waals surface area contributed by atoms with Gasteiger partial charge in [0.15, 0.2) is 0 Å². The SMILES string of the molecule is Cc1ccc2c(c1)nc(CCl)n2C. The van der Waals surface area contributed by atoms with Gasteiger partial charge in [0, 0.05) is 7.05 Å². The molecule has 1 aromatic heterocycles. The third-order valence-electron chi connectivity index (χ3n) is 2.25. The summed E-state index contributed by atoms with van der Waals surface area (Å²) in [6.07, 6.45) is 0. The molecule has 0 aliphatic heterocycles. The molecule has 2 rings (SSSR count). The van der Waals surface area contributed by atoms with Gasteiger partial charge in [-0.25, -0.2) is 4.98 Å². The van der Waals surface area contributed by atoms with Crippen LogP contribution in [0.2, 0.25) is 0 Å². The third-order valence-corrected chi connectivity index (χ3v) is 2.49. The summed E-state index contributed by atoms with van der Waals surface area (Å²) in [6, 6.07) is 6.24. The molecule has 0 unspecified atom stereocenters. The Labute approximate surface area is 82.1 Å². The molecule has 2 nitrogen and oxygen atoms in total. The largest absolute Gasteiger partial charge is 0.330 e. The van der Waals surface area contributed by atoms with Crippen LogP contribution in [0.3, 0.4) is 0 Å². The summed E-state index contributed by atoms with van der Waals surface area (Å²) < 4.78 is 2.03. The van der Waals surface area contributed by atoms with Crippen LogP contribution in [-0.4, -0.2) is 9.55 Å². The lowest BCUT2D eigenvalue weighted by Gasteiger charge is -1.97. The van der Waals surface area contributed by atoms with Crippen molar-refractivity contribution in [2.75, 3.05) is 0 Å². The number of nitrogens with zero attached hydrogens (tertiary/aromatic N) is 2. The standard InChI is InChI=1S/C10H11ClN2/c1-7-3-4-9-8(5-7)12-10(6-11)13(9)2/h3-5H,6H2,1-2H3. The summed E-state index contributed by atoms with van der Waals surface area (Å²) in [4.78, 5) is 4.42. The minimum absolute atomic E-state index is 0.463. The van der Waals surface area contributed by atoms with Gasteiger partial charge in [-0.05, 0) is 24.6 Å². The number of hydrogen-bond acceptors (Lipinski definition) is 1. The van der Waals surface area contributed by atoms with Gasteiger partial charge in [-0.2, -0.15) is 0 Å². The number of rotatable bonds is 1. The number of fused-ring (bicyclic) bond motifs is 1. The van der Waals surface area contributed by atoms with E-state index < -0.39 is 0 Å². The second kappa shape index (κ2) is 3.04. The molecule has 2 aromatic rings. The summed E-state index contributed by atoms with van der Waals surface area (Å²) in [5.74, 6) is 1.38. The van der Waals surface area contributed by atoms with Crippen LogP contribution in [0.4, 0.5) is 0 Å². The molecular formula is C10H11ClN2. The fourth-order valence-electron chi connectivity index (χ4n) is 1.48. The molecule has 13 heavy (non-hydrogen) atoms. The first-order chi connectivity index (χ1) is 6.22. The molecular weight excluding hydrogens is 184 g/mol. The maximum atomic E-state index is 5.76. The van der Waals surface area contributed by atoms with Crippen LogP contribution in [-0.2, 0) is 12.9 Å². The molecule has 1 heterocycles. The number of alkyl halides is 1. The predicted octanol–water partition coefficient (Wildman–Crippen LogP) is 2.62. The Morgan fingerprint density at radius 3 is 2.92 bits per heavy atom. The van der Waals surface area contributed by atoms with Crippen LogP contribution < -0.4 is 0 Å². The van der Waals surface area contributed by atoms with Gasteiger partial charge in [0.25, 0.3) is 0 Å². The molecule has 0 aliphatic carbocycles. The highest BCUT2D eigenvalue weighted by Crippen LogP contribution is 2.17. The molecule has 0 saturated heterocycles. The van der Waals surface area contributed by atoms with E-state index in [1.165, 1.54) is 5.56 Å². The Bertz CT molecular complexity index is 445. The fourth-order valence-corrected chi connectivity index (χ4v) is 1.72. The zero-order valence-corrected chi connectivity index (χ0v) is 8.47. The van der Waals surface area contributed by atoms with Crippen molar-refractivity contribution >= 4 is 22.6 Å². The molecule has 68 valence electrons. The summed E-state index contributed by atoms with van der Waals surface area (Å²) >= 11 is 5.76. The van der Waals surface area contributed by atoms with Crippen LogP contribution in [0.25, 0.3) is 11.0 Å². The van der Waals surface area contributed by atoms with E-state index in [9.17, 15) is 0 Å². The van der Waals surface area contributed by atoms with E-state index in [2.05, 4.69) is 30.1 Å². The number of aromatic nitrogens is 2. The van der Waals surface area contributed by atoms with E-state index in [0.29, 0.717) is 5.88 Å². The minimum atomic E-state index is 0.463. The molecule has 0 bridgehead atoms. The van der Waals surface area contributed by atoms with E-state index >= 15 is 0 Å². The third kappa shape index (κ3) is 1.31. The van der Waals surface area contributed by atoms with Crippen LogP contribution in [0.5, 0.6) is 0 Å². The van der Waals surface area contributed by atoms with Gasteiger partial charge in [-0.1, -0.05) is 6.07 Å². The molecule has 0 radical (unpaired) electrons. The highest BCUT2D eigenvalue weighted by Gasteiger charge is 2.05. The zero-order chi connectivity index (χ0) is 9.42. The zero-order valence-electron chi connectivity index (χ0n) is 7.71. The average Bonchev–Trinajstić information content (AvgIpc) is 2.42. The number of imidazole rings is 1. The van der Waals surface area contributed by atoms with Crippen molar-refractivity contribution in [3.05, 3.63) is 29.6 Å². The molecule has 0 N–H and O–H groups in total. The van der Waals surface area contributed by atoms with Gasteiger partial charge >= 0.3 is 0 Å². The van der Waals surface area contributed by atoms with Crippen molar-refractivity contribution in [2.45, 2.75) is 12.8 Å². The topological polar surface area (TPSA) is 17.8 Å². The summed E-state index contributed by atoms with van der Waals surface area (Å²) in [5, 5.41) is 0. The monoisotopic (exact) mass is 194 g/mol. The van der Waals surface area contributed by atoms with Crippen molar-refractivity contribution in [1.29, 1.82) is 0 Å². The summed E-state index contributed by atoms with van der Waals surface area (Å²) in [6.45, 7) is 2.06. The van der Waals surface area contributed by atoms with Gasteiger partial charge in [0.2, 0.25) is 0 Å². The van der Waals surface area contributed by atoms with E-state index in [-0.39, 0.29) is 0 Å². The van der Waals surface area contributed by atoms with Crippen LogP contribution in [0.15, 0.2) is 18.2 Å². The predicted molar refractivity (Wildman–Crippen MR) is 55.0 cm³/mol. The van der Waals surface area contributed by atoms with E-state index in [1.807, 2.05) is 11.6 Å². The smallest absolute Gasteiger partial charge is 0.124 e. The first-order valence-electron chi connectivity index (χ1n) is 4.20. The molecule has 0 aliphatic rings. The fraction of sp³-hybridized carbons (Fsp3) is 0.300. The lowest BCUT2D eigenvalue weighted by Crippen LogP contribution is -1.93. The van der Waals surface area contributed by atoms with Gasteiger partial charge in [-0.3, -0.25) is 0 Å². The Morgan fingerprint density at radius 2 is 2.23 bits per heavy atom. The number of hydrogen-bond donors (Lipinski definition) is 0. The minimum Gasteiger partial charge on any atom is -0.330 e. The second-order valence-corrected chi connectivity index (χ2v) is 3.48. The lowest BCUT2D eigenvalue weighted by atomic mass is 10.2. The van der Waals surface area contributed by atoms with E-state index in [0.717, 1.165) is 16.9 Å². The van der Waals surface area contributed by atoms with Crippen LogP contribution in [0.1, 0.15) is 11.4 Å². The maximum Gasteiger partial charge on any atom is 0.124 e. The summed E-state index contributed by atoms with van der Waals surface area (Å²) in [5.41, 5.74) is 3.39. The maximum absolute atomic E-state index is 5.76. The molecule has 1 aromatic carbocycles. The number of benzene rings is 1. The Morgan fingerprint density at radius 1 is 1.46 bits per heavy atom. The first kappa shape index (κ1) is 8.57. The molecule has 0 fully saturated rings. The average molecular weight is 195 g/mol. The molecule has 0 spiro atoms. The quantitative estimate of drug-likeness (QED) is 0.639. The Kier molecular flexibility index (Phi) is 2.00. The highest BCUT2D eigenvalue weighted by molar-refractivity contribution is 6.16. The van der Waals surface area contributed by atoms with Gasteiger partial charge < -0.3 is 4.57 Å². The second-order valence-electron chi connectivity index (χ2n) is 3.21. The van der Waals surface area contributed by atoms with Crippen molar-refractivity contribution in [3.8, 4) is 0 Å². The Balaban J connectivity index is 2.76. The lowest BCUT2D eigenvalue weighted by molar-refractivity contribution is 0.874. The molecule has 3 heteroatoms. The van der Waals surface area contributed by atoms with Crippen molar-refractivity contribution in [3.63, 3.8) is 0 Å². The van der Waals surface area contributed by atoms with Gasteiger partial charge in [0.1, 0.15) is 5.82 Å².